The van der Waals surface area contributed by atoms with Crippen LogP contribution in [0.15, 0.2) is 103 Å². The summed E-state index contributed by atoms with van der Waals surface area (Å²) >= 11 is 0. The zero-order valence-corrected chi connectivity index (χ0v) is 27.4. The third-order valence-corrected chi connectivity index (χ3v) is 8.65. The Hall–Kier alpha value is -4.71. The minimum Gasteiger partial charge on any atom is -0.459 e. The maximum Gasteiger partial charge on any atom is 0.408 e. The number of benzene rings is 3. The van der Waals surface area contributed by atoms with Crippen molar-refractivity contribution in [3.8, 4) is 0 Å². The van der Waals surface area contributed by atoms with E-state index in [9.17, 15) is 37.1 Å². The van der Waals surface area contributed by atoms with Crippen molar-refractivity contribution >= 4 is 18.0 Å². The standard InChI is InChI=1S/C23H25F2NO5.C15H16F2O2/c24-23(25,18-12-7-13-18)20(26-22(29)31-15-17-10-5-2-6-11-17)19(27)21(28)30-14-16-8-3-1-4-9-16;16-15(17,13-7-4-8-13)10-9-14(18)19-11-12-5-2-1-3-6-12/h1-6,8-11,18-20,27H,7,12-15H2,(H,26,29);1-3,5-6,9-10,13H,4,7-8,11H2/b;10-9+. The third-order valence-electron chi connectivity index (χ3n) is 8.65. The Bertz CT molecular complexity index is 1530. The number of rotatable bonds is 14. The molecular formula is C38H41F4NO7. The van der Waals surface area contributed by atoms with Gasteiger partial charge in [-0.15, -0.1) is 0 Å². The Balaban J connectivity index is 0.000000252. The number of allylic oxidation sites excluding steroid dienone is 1. The van der Waals surface area contributed by atoms with Crippen LogP contribution >= 0.6 is 0 Å². The highest BCUT2D eigenvalue weighted by molar-refractivity contribution is 5.82. The molecule has 2 aliphatic rings. The molecule has 2 saturated carbocycles. The molecule has 3 aromatic carbocycles. The molecule has 0 aliphatic heterocycles. The first-order chi connectivity index (χ1) is 24.0. The van der Waals surface area contributed by atoms with Crippen molar-refractivity contribution < 1.29 is 51.3 Å². The molecule has 2 unspecified atom stereocenters. The second kappa shape index (κ2) is 18.3. The van der Waals surface area contributed by atoms with E-state index in [1.54, 1.807) is 72.8 Å². The number of carbonyl (C=O) groups excluding carboxylic acids is 3. The number of esters is 2. The van der Waals surface area contributed by atoms with Crippen LogP contribution in [0.1, 0.15) is 55.2 Å². The topological polar surface area (TPSA) is 111 Å². The summed E-state index contributed by atoms with van der Waals surface area (Å²) in [5, 5.41) is 12.4. The number of alkyl halides is 4. The van der Waals surface area contributed by atoms with Gasteiger partial charge in [0, 0.05) is 17.9 Å². The van der Waals surface area contributed by atoms with E-state index >= 15 is 0 Å². The fraction of sp³-hybridized carbons (Fsp3) is 0.395. The first-order valence-corrected chi connectivity index (χ1v) is 16.5. The van der Waals surface area contributed by atoms with Crippen LogP contribution in [-0.2, 0) is 43.6 Å². The quantitative estimate of drug-likeness (QED) is 0.0774. The Kier molecular flexibility index (Phi) is 14.0. The molecule has 0 heterocycles. The molecule has 268 valence electrons. The van der Waals surface area contributed by atoms with Crippen LogP contribution in [0.3, 0.4) is 0 Å². The van der Waals surface area contributed by atoms with Crippen molar-refractivity contribution in [3.05, 3.63) is 120 Å². The summed E-state index contributed by atoms with van der Waals surface area (Å²) in [6.45, 7) is -0.223. The second-order valence-electron chi connectivity index (χ2n) is 12.3. The van der Waals surface area contributed by atoms with Crippen molar-refractivity contribution in [1.82, 2.24) is 5.32 Å². The minimum atomic E-state index is -3.50. The first kappa shape index (κ1) is 38.1. The molecule has 3 aromatic rings. The lowest BCUT2D eigenvalue weighted by molar-refractivity contribution is -0.174. The molecule has 0 aromatic heterocycles. The van der Waals surface area contributed by atoms with Crippen molar-refractivity contribution in [2.75, 3.05) is 0 Å². The highest BCUT2D eigenvalue weighted by atomic mass is 19.3. The summed E-state index contributed by atoms with van der Waals surface area (Å²) in [5.74, 6) is -10.0. The van der Waals surface area contributed by atoms with E-state index in [1.165, 1.54) is 0 Å². The zero-order valence-electron chi connectivity index (χ0n) is 27.4. The number of hydrogen-bond acceptors (Lipinski definition) is 7. The van der Waals surface area contributed by atoms with Gasteiger partial charge in [0.25, 0.3) is 11.8 Å². The smallest absolute Gasteiger partial charge is 0.408 e. The lowest BCUT2D eigenvalue weighted by atomic mass is 9.76. The van der Waals surface area contributed by atoms with Crippen LogP contribution in [0.25, 0.3) is 0 Å². The summed E-state index contributed by atoms with van der Waals surface area (Å²) in [6.07, 6.45) is 1.11. The van der Waals surface area contributed by atoms with E-state index in [2.05, 4.69) is 0 Å². The minimum absolute atomic E-state index is 0.0962. The molecule has 5 rings (SSSR count). The number of amides is 1. The first-order valence-electron chi connectivity index (χ1n) is 16.5. The number of halogens is 4. The number of carbonyl (C=O) groups is 3. The fourth-order valence-corrected chi connectivity index (χ4v) is 5.16. The van der Waals surface area contributed by atoms with Crippen LogP contribution < -0.4 is 5.32 Å². The van der Waals surface area contributed by atoms with Gasteiger partial charge in [-0.2, -0.15) is 0 Å². The molecular weight excluding hydrogens is 658 g/mol. The lowest BCUT2D eigenvalue weighted by Gasteiger charge is -2.39. The highest BCUT2D eigenvalue weighted by Crippen LogP contribution is 2.43. The van der Waals surface area contributed by atoms with E-state index in [-0.39, 0.29) is 32.7 Å². The number of alkyl carbamates (subject to hydrolysis) is 1. The second-order valence-corrected chi connectivity index (χ2v) is 12.3. The third kappa shape index (κ3) is 11.4. The van der Waals surface area contributed by atoms with Crippen LogP contribution in [0, 0.1) is 11.8 Å². The molecule has 2 aliphatic carbocycles. The Morgan fingerprint density at radius 1 is 0.700 bits per heavy atom. The van der Waals surface area contributed by atoms with Gasteiger partial charge in [0.05, 0.1) is 0 Å². The lowest BCUT2D eigenvalue weighted by Crippen LogP contribution is -2.60. The number of aliphatic hydroxyl groups excluding tert-OH is 1. The van der Waals surface area contributed by atoms with Gasteiger partial charge in [0.1, 0.15) is 25.9 Å². The van der Waals surface area contributed by atoms with E-state index < -0.39 is 53.9 Å². The summed E-state index contributed by atoms with van der Waals surface area (Å²) in [7, 11) is 0. The van der Waals surface area contributed by atoms with E-state index in [0.717, 1.165) is 18.1 Å². The van der Waals surface area contributed by atoms with Crippen LogP contribution in [-0.4, -0.2) is 47.1 Å². The van der Waals surface area contributed by atoms with Gasteiger partial charge in [0.15, 0.2) is 6.10 Å². The number of hydrogen-bond donors (Lipinski definition) is 2. The molecule has 0 saturated heterocycles. The average Bonchev–Trinajstić information content (AvgIpc) is 3.06. The summed E-state index contributed by atoms with van der Waals surface area (Å²) in [4.78, 5) is 35.8. The maximum atomic E-state index is 15.0. The molecule has 50 heavy (non-hydrogen) atoms. The van der Waals surface area contributed by atoms with E-state index in [1.807, 2.05) is 23.5 Å². The van der Waals surface area contributed by atoms with Crippen molar-refractivity contribution in [2.45, 2.75) is 82.3 Å². The molecule has 0 radical (unpaired) electrons. The molecule has 8 nitrogen and oxygen atoms in total. The zero-order chi connectivity index (χ0) is 36.0. The Morgan fingerprint density at radius 2 is 1.14 bits per heavy atom. The molecule has 12 heteroatoms. The van der Waals surface area contributed by atoms with Crippen LogP contribution in [0.5, 0.6) is 0 Å². The molecule has 1 amide bonds. The van der Waals surface area contributed by atoms with Crippen molar-refractivity contribution in [2.24, 2.45) is 11.8 Å². The van der Waals surface area contributed by atoms with E-state index in [4.69, 9.17) is 14.2 Å². The number of ether oxygens (including phenoxy) is 3. The van der Waals surface area contributed by atoms with Gasteiger partial charge >= 0.3 is 18.0 Å². The SMILES string of the molecule is O=C(/C=C/C(F)(F)C1CCC1)OCc1ccccc1.O=C(NC(C(O)C(=O)OCc1ccccc1)C(F)(F)C1CCC1)OCc1ccccc1. The largest absolute Gasteiger partial charge is 0.459 e. The monoisotopic (exact) mass is 699 g/mol. The summed E-state index contributed by atoms with van der Waals surface area (Å²) < 4.78 is 71.9. The molecule has 0 bridgehead atoms. The van der Waals surface area contributed by atoms with Gasteiger partial charge in [-0.1, -0.05) is 104 Å². The van der Waals surface area contributed by atoms with Gasteiger partial charge in [-0.25, -0.2) is 31.9 Å². The molecule has 2 atom stereocenters. The van der Waals surface area contributed by atoms with Gasteiger partial charge < -0.3 is 24.6 Å². The Morgan fingerprint density at radius 3 is 1.58 bits per heavy atom. The van der Waals surface area contributed by atoms with Crippen molar-refractivity contribution in [3.63, 3.8) is 0 Å². The van der Waals surface area contributed by atoms with Gasteiger partial charge in [-0.3, -0.25) is 0 Å². The molecule has 0 spiro atoms. The maximum absolute atomic E-state index is 15.0. The van der Waals surface area contributed by atoms with Crippen molar-refractivity contribution in [1.29, 1.82) is 0 Å². The highest BCUT2D eigenvalue weighted by Gasteiger charge is 2.54. The predicted octanol–water partition coefficient (Wildman–Crippen LogP) is 7.54. The average molecular weight is 700 g/mol. The fourth-order valence-electron chi connectivity index (χ4n) is 5.16. The van der Waals surface area contributed by atoms with E-state index in [0.29, 0.717) is 36.5 Å². The summed E-state index contributed by atoms with van der Waals surface area (Å²) in [6, 6.07) is 24.3. The Labute approximate surface area is 288 Å². The van der Waals surface area contributed by atoms with Gasteiger partial charge in [0.2, 0.25) is 0 Å². The normalized spacial score (nSPS) is 16.1. The van der Waals surface area contributed by atoms with Crippen LogP contribution in [0.2, 0.25) is 0 Å². The van der Waals surface area contributed by atoms with Gasteiger partial charge in [-0.05, 0) is 48.4 Å². The van der Waals surface area contributed by atoms with Crippen LogP contribution in [0.4, 0.5) is 22.4 Å². The summed E-state index contributed by atoms with van der Waals surface area (Å²) in [5.41, 5.74) is 2.14. The number of aliphatic hydroxyl groups is 1. The number of nitrogens with one attached hydrogen (secondary N) is 1. The predicted molar refractivity (Wildman–Crippen MR) is 176 cm³/mol. The molecule has 2 fully saturated rings. The molecule has 2 N–H and O–H groups in total.